The predicted octanol–water partition coefficient (Wildman–Crippen LogP) is 4.16. The van der Waals surface area contributed by atoms with Gasteiger partial charge in [0.25, 0.3) is 0 Å². The second-order valence-electron chi connectivity index (χ2n) is 4.83. The molecule has 19 heavy (non-hydrogen) atoms. The lowest BCUT2D eigenvalue weighted by Gasteiger charge is -2.07. The smallest absolute Gasteiger partial charge is 0.341 e. The van der Waals surface area contributed by atoms with Gasteiger partial charge in [-0.05, 0) is 31.7 Å². The quantitative estimate of drug-likeness (QED) is 0.547. The third kappa shape index (κ3) is 5.16. The van der Waals surface area contributed by atoms with Crippen molar-refractivity contribution >= 4 is 5.97 Å². The van der Waals surface area contributed by atoms with E-state index in [4.69, 9.17) is 4.42 Å². The zero-order valence-electron chi connectivity index (χ0n) is 11.9. The van der Waals surface area contributed by atoms with Crippen LogP contribution in [-0.4, -0.2) is 13.1 Å². The second-order valence-corrected chi connectivity index (χ2v) is 4.83. The third-order valence-corrected chi connectivity index (χ3v) is 3.07. The van der Waals surface area contributed by atoms with Gasteiger partial charge in [0.1, 0.15) is 12.0 Å². The highest BCUT2D eigenvalue weighted by molar-refractivity contribution is 5.88. The maximum Gasteiger partial charge on any atom is 0.341 e. The number of hydrogen-bond donors (Lipinski definition) is 0. The molecule has 0 fully saturated rings. The van der Waals surface area contributed by atoms with Crippen molar-refractivity contribution in [1.29, 1.82) is 0 Å². The fraction of sp³-hybridized carbons (Fsp3) is 0.438. The highest BCUT2D eigenvalue weighted by atomic mass is 16.5. The molecule has 0 saturated carbocycles. The lowest BCUT2D eigenvalue weighted by Crippen LogP contribution is -2.00. The molecule has 0 aliphatic carbocycles. The minimum absolute atomic E-state index is 0.354. The fourth-order valence-corrected chi connectivity index (χ4v) is 1.84. The summed E-state index contributed by atoms with van der Waals surface area (Å²) < 4.78 is 10.0. The second kappa shape index (κ2) is 7.62. The standard InChI is InChI=1S/C16H22O3/c1-5-12(2)7-6-8-13(3)9-15-10-14(11-19-15)16(17)18-4/h5,7,10-11,13H,1,6,8-9H2,2-4H3/b12-7-. The van der Waals surface area contributed by atoms with Crippen LogP contribution < -0.4 is 0 Å². The zero-order chi connectivity index (χ0) is 14.3. The Morgan fingerprint density at radius 2 is 2.32 bits per heavy atom. The number of allylic oxidation sites excluding steroid dienone is 3. The number of furan rings is 1. The summed E-state index contributed by atoms with van der Waals surface area (Å²) in [5.41, 5.74) is 1.69. The molecule has 1 atom stereocenters. The first-order valence-electron chi connectivity index (χ1n) is 6.51. The highest BCUT2D eigenvalue weighted by Crippen LogP contribution is 2.17. The number of methoxy groups -OCH3 is 1. The normalized spacial score (nSPS) is 13.1. The molecule has 3 nitrogen and oxygen atoms in total. The van der Waals surface area contributed by atoms with E-state index in [-0.39, 0.29) is 5.97 Å². The molecule has 0 aliphatic heterocycles. The van der Waals surface area contributed by atoms with Crippen LogP contribution in [0.4, 0.5) is 0 Å². The number of carbonyl (C=O) groups excluding carboxylic acids is 1. The first-order chi connectivity index (χ1) is 9.06. The molecule has 0 spiro atoms. The minimum atomic E-state index is -0.354. The topological polar surface area (TPSA) is 39.4 Å². The molecule has 0 N–H and O–H groups in total. The number of hydrogen-bond acceptors (Lipinski definition) is 3. The number of rotatable bonds is 7. The summed E-state index contributed by atoms with van der Waals surface area (Å²) in [5.74, 6) is 0.982. The monoisotopic (exact) mass is 262 g/mol. The van der Waals surface area contributed by atoms with Crippen molar-refractivity contribution in [2.75, 3.05) is 7.11 Å². The van der Waals surface area contributed by atoms with Crippen LogP contribution in [0.1, 0.15) is 42.8 Å². The SMILES string of the molecule is C=C/C(C)=C\CCC(C)Cc1cc(C(=O)OC)co1. The first-order valence-corrected chi connectivity index (χ1v) is 6.51. The van der Waals surface area contributed by atoms with Crippen molar-refractivity contribution in [3.8, 4) is 0 Å². The number of ether oxygens (including phenoxy) is 1. The molecule has 0 aromatic carbocycles. The van der Waals surface area contributed by atoms with Gasteiger partial charge in [-0.15, -0.1) is 0 Å². The third-order valence-electron chi connectivity index (χ3n) is 3.07. The van der Waals surface area contributed by atoms with Gasteiger partial charge >= 0.3 is 5.97 Å². The molecule has 104 valence electrons. The number of esters is 1. The van der Waals surface area contributed by atoms with Crippen LogP contribution in [0.3, 0.4) is 0 Å². The first kappa shape index (κ1) is 15.3. The Labute approximate surface area is 115 Å². The summed E-state index contributed by atoms with van der Waals surface area (Å²) in [5, 5.41) is 0. The van der Waals surface area contributed by atoms with Crippen LogP contribution in [-0.2, 0) is 11.2 Å². The summed E-state index contributed by atoms with van der Waals surface area (Å²) in [4.78, 5) is 11.3. The van der Waals surface area contributed by atoms with Gasteiger partial charge in [0.05, 0.1) is 12.7 Å². The molecular weight excluding hydrogens is 240 g/mol. The van der Waals surface area contributed by atoms with Crippen LogP contribution in [0.2, 0.25) is 0 Å². The van der Waals surface area contributed by atoms with E-state index < -0.39 is 0 Å². The maximum atomic E-state index is 11.3. The van der Waals surface area contributed by atoms with Crippen molar-refractivity contribution in [3.63, 3.8) is 0 Å². The summed E-state index contributed by atoms with van der Waals surface area (Å²) in [6.07, 6.45) is 8.45. The van der Waals surface area contributed by atoms with Gasteiger partial charge in [0.15, 0.2) is 0 Å². The van der Waals surface area contributed by atoms with Crippen molar-refractivity contribution in [2.24, 2.45) is 5.92 Å². The molecule has 3 heteroatoms. The van der Waals surface area contributed by atoms with E-state index >= 15 is 0 Å². The van der Waals surface area contributed by atoms with Gasteiger partial charge in [-0.2, -0.15) is 0 Å². The van der Waals surface area contributed by atoms with Gasteiger partial charge in [-0.3, -0.25) is 0 Å². The number of carbonyl (C=O) groups is 1. The lowest BCUT2D eigenvalue weighted by atomic mass is 9.99. The summed E-state index contributed by atoms with van der Waals surface area (Å²) in [7, 11) is 1.37. The largest absolute Gasteiger partial charge is 0.468 e. The Bertz CT molecular complexity index is 454. The summed E-state index contributed by atoms with van der Waals surface area (Å²) >= 11 is 0. The average molecular weight is 262 g/mol. The molecule has 1 unspecified atom stereocenters. The fourth-order valence-electron chi connectivity index (χ4n) is 1.84. The van der Waals surface area contributed by atoms with Crippen LogP contribution in [0.5, 0.6) is 0 Å². The predicted molar refractivity (Wildman–Crippen MR) is 76.1 cm³/mol. The molecule has 1 rings (SSSR count). The van der Waals surface area contributed by atoms with Crippen LogP contribution in [0, 0.1) is 5.92 Å². The van der Waals surface area contributed by atoms with Crippen LogP contribution >= 0.6 is 0 Å². The molecule has 1 heterocycles. The molecule has 1 aromatic rings. The van der Waals surface area contributed by atoms with E-state index in [2.05, 4.69) is 24.3 Å². The van der Waals surface area contributed by atoms with Crippen LogP contribution in [0.15, 0.2) is 41.1 Å². The van der Waals surface area contributed by atoms with Crippen molar-refractivity contribution in [3.05, 3.63) is 48.0 Å². The van der Waals surface area contributed by atoms with Gasteiger partial charge < -0.3 is 9.15 Å². The Hall–Kier alpha value is -1.77. The van der Waals surface area contributed by atoms with E-state index in [1.165, 1.54) is 18.9 Å². The molecule has 0 saturated heterocycles. The Morgan fingerprint density at radius 3 is 2.95 bits per heavy atom. The molecule has 0 aliphatic rings. The van der Waals surface area contributed by atoms with Crippen molar-refractivity contribution < 1.29 is 13.9 Å². The Balaban J connectivity index is 2.44. The van der Waals surface area contributed by atoms with Gasteiger partial charge in [-0.25, -0.2) is 4.79 Å². The average Bonchev–Trinajstić information content (AvgIpc) is 2.85. The maximum absolute atomic E-state index is 11.3. The van der Waals surface area contributed by atoms with Crippen molar-refractivity contribution in [2.45, 2.75) is 33.1 Å². The van der Waals surface area contributed by atoms with E-state index in [1.807, 2.05) is 13.0 Å². The van der Waals surface area contributed by atoms with Crippen LogP contribution in [0.25, 0.3) is 0 Å². The van der Waals surface area contributed by atoms with Gasteiger partial charge in [-0.1, -0.05) is 31.2 Å². The Kier molecular flexibility index (Phi) is 6.13. The molecule has 0 radical (unpaired) electrons. The minimum Gasteiger partial charge on any atom is -0.468 e. The van der Waals surface area contributed by atoms with Gasteiger partial charge in [0, 0.05) is 6.42 Å². The zero-order valence-corrected chi connectivity index (χ0v) is 11.9. The van der Waals surface area contributed by atoms with E-state index in [0.717, 1.165) is 25.0 Å². The molecular formula is C16H22O3. The van der Waals surface area contributed by atoms with Gasteiger partial charge in [0.2, 0.25) is 0 Å². The highest BCUT2D eigenvalue weighted by Gasteiger charge is 2.12. The molecule has 0 bridgehead atoms. The van der Waals surface area contributed by atoms with E-state index in [1.54, 1.807) is 6.07 Å². The summed E-state index contributed by atoms with van der Waals surface area (Å²) in [6.45, 7) is 7.95. The lowest BCUT2D eigenvalue weighted by molar-refractivity contribution is 0.0600. The molecule has 0 amide bonds. The summed E-state index contributed by atoms with van der Waals surface area (Å²) in [6, 6.07) is 1.76. The Morgan fingerprint density at radius 1 is 1.58 bits per heavy atom. The van der Waals surface area contributed by atoms with Crippen molar-refractivity contribution in [1.82, 2.24) is 0 Å². The van der Waals surface area contributed by atoms with E-state index in [9.17, 15) is 4.79 Å². The molecule has 1 aromatic heterocycles. The van der Waals surface area contributed by atoms with E-state index in [0.29, 0.717) is 11.5 Å².